The molecule has 0 spiro atoms. The topological polar surface area (TPSA) is 84.9 Å². The Balaban J connectivity index is 2.87. The summed E-state index contributed by atoms with van der Waals surface area (Å²) in [7, 11) is 0. The Morgan fingerprint density at radius 3 is 2.29 bits per heavy atom. The second kappa shape index (κ2) is 3.96. The molecule has 0 atom stereocenters. The quantitative estimate of drug-likeness (QED) is 0.802. The van der Waals surface area contributed by atoms with Crippen LogP contribution < -0.4 is 0 Å². The Morgan fingerprint density at radius 1 is 1.06 bits per heavy atom. The number of carbonyl (C=O) groups is 1. The molecule has 0 unspecified atom stereocenters. The molecular formula is C13H6N2O2. The molecule has 80 valence electrons. The number of rotatable bonds is 1. The van der Waals surface area contributed by atoms with Gasteiger partial charge in [0, 0.05) is 0 Å². The molecule has 0 saturated heterocycles. The average Bonchev–Trinajstić information content (AvgIpc) is 2.36. The summed E-state index contributed by atoms with van der Waals surface area (Å²) < 4.78 is 0. The smallest absolute Gasteiger partial charge is 0.336 e. The lowest BCUT2D eigenvalue weighted by Crippen LogP contribution is -1.98. The van der Waals surface area contributed by atoms with Crippen LogP contribution in [0.25, 0.3) is 10.8 Å². The van der Waals surface area contributed by atoms with Gasteiger partial charge in [-0.1, -0.05) is 6.07 Å². The van der Waals surface area contributed by atoms with Gasteiger partial charge in [-0.05, 0) is 35.0 Å². The minimum Gasteiger partial charge on any atom is -0.478 e. The van der Waals surface area contributed by atoms with Gasteiger partial charge in [0.1, 0.15) is 0 Å². The van der Waals surface area contributed by atoms with Crippen molar-refractivity contribution in [2.75, 3.05) is 0 Å². The lowest BCUT2D eigenvalue weighted by molar-refractivity contribution is 0.0699. The van der Waals surface area contributed by atoms with Gasteiger partial charge < -0.3 is 5.11 Å². The molecular weight excluding hydrogens is 216 g/mol. The van der Waals surface area contributed by atoms with Crippen molar-refractivity contribution in [1.82, 2.24) is 0 Å². The summed E-state index contributed by atoms with van der Waals surface area (Å²) >= 11 is 0. The second-order valence-electron chi connectivity index (χ2n) is 3.49. The number of benzene rings is 2. The zero-order chi connectivity index (χ0) is 12.4. The Bertz CT molecular complexity index is 700. The van der Waals surface area contributed by atoms with E-state index < -0.39 is 5.97 Å². The fourth-order valence-corrected chi connectivity index (χ4v) is 1.68. The van der Waals surface area contributed by atoms with Crippen LogP contribution >= 0.6 is 0 Å². The fraction of sp³-hybridized carbons (Fsp3) is 0. The first-order valence-corrected chi connectivity index (χ1v) is 4.77. The number of nitrogens with zero attached hydrogens (tertiary/aromatic N) is 2. The molecule has 0 fully saturated rings. The van der Waals surface area contributed by atoms with Gasteiger partial charge in [0.05, 0.1) is 28.8 Å². The number of hydrogen-bond donors (Lipinski definition) is 1. The van der Waals surface area contributed by atoms with Gasteiger partial charge in [-0.2, -0.15) is 10.5 Å². The van der Waals surface area contributed by atoms with E-state index >= 15 is 0 Å². The summed E-state index contributed by atoms with van der Waals surface area (Å²) in [5.74, 6) is -1.09. The highest BCUT2D eigenvalue weighted by atomic mass is 16.4. The third-order valence-electron chi connectivity index (χ3n) is 2.44. The molecule has 2 aromatic carbocycles. The van der Waals surface area contributed by atoms with E-state index in [1.807, 2.05) is 12.1 Å². The number of fused-ring (bicyclic) bond motifs is 1. The molecule has 0 radical (unpaired) electrons. The number of aromatic carboxylic acids is 1. The van der Waals surface area contributed by atoms with E-state index in [-0.39, 0.29) is 11.1 Å². The van der Waals surface area contributed by atoms with Crippen LogP contribution in [0.3, 0.4) is 0 Å². The Kier molecular flexibility index (Phi) is 2.48. The van der Waals surface area contributed by atoms with Gasteiger partial charge in [-0.25, -0.2) is 4.79 Å². The summed E-state index contributed by atoms with van der Waals surface area (Å²) in [6, 6.07) is 11.5. The molecule has 0 heterocycles. The minimum absolute atomic E-state index is 0.0727. The summed E-state index contributed by atoms with van der Waals surface area (Å²) in [5.41, 5.74) is 0.775. The molecule has 0 aliphatic carbocycles. The van der Waals surface area contributed by atoms with Gasteiger partial charge in [0.25, 0.3) is 0 Å². The van der Waals surface area contributed by atoms with E-state index in [4.69, 9.17) is 15.6 Å². The van der Waals surface area contributed by atoms with Crippen LogP contribution in [-0.2, 0) is 0 Å². The Labute approximate surface area is 96.9 Å². The number of carboxylic acids is 1. The largest absolute Gasteiger partial charge is 0.478 e. The van der Waals surface area contributed by atoms with Crippen LogP contribution in [0.2, 0.25) is 0 Å². The Hall–Kier alpha value is -2.85. The highest BCUT2D eigenvalue weighted by molar-refractivity contribution is 6.04. The summed E-state index contributed by atoms with van der Waals surface area (Å²) in [4.78, 5) is 11.1. The first-order valence-electron chi connectivity index (χ1n) is 4.77. The van der Waals surface area contributed by atoms with Crippen molar-refractivity contribution in [2.45, 2.75) is 0 Å². The highest BCUT2D eigenvalue weighted by Gasteiger charge is 2.10. The molecule has 0 aromatic heterocycles. The highest BCUT2D eigenvalue weighted by Crippen LogP contribution is 2.22. The molecule has 0 bridgehead atoms. The van der Waals surface area contributed by atoms with Crippen molar-refractivity contribution in [3.63, 3.8) is 0 Å². The summed E-state index contributed by atoms with van der Waals surface area (Å²) in [6.45, 7) is 0. The lowest BCUT2D eigenvalue weighted by atomic mass is 9.99. The van der Waals surface area contributed by atoms with Gasteiger partial charge in [0.15, 0.2) is 0 Å². The molecule has 2 aromatic rings. The predicted molar refractivity (Wildman–Crippen MR) is 60.3 cm³/mol. The van der Waals surface area contributed by atoms with E-state index in [2.05, 4.69) is 0 Å². The molecule has 1 N–H and O–H groups in total. The van der Waals surface area contributed by atoms with Crippen LogP contribution in [0.5, 0.6) is 0 Å². The van der Waals surface area contributed by atoms with Crippen molar-refractivity contribution in [3.05, 3.63) is 47.0 Å². The van der Waals surface area contributed by atoms with E-state index in [1.54, 1.807) is 24.3 Å². The average molecular weight is 222 g/mol. The van der Waals surface area contributed by atoms with Crippen LogP contribution in [-0.4, -0.2) is 11.1 Å². The van der Waals surface area contributed by atoms with Gasteiger partial charge in [-0.3, -0.25) is 0 Å². The van der Waals surface area contributed by atoms with E-state index in [9.17, 15) is 4.79 Å². The maximum atomic E-state index is 11.1. The third-order valence-corrected chi connectivity index (χ3v) is 2.44. The maximum absolute atomic E-state index is 11.1. The molecule has 17 heavy (non-hydrogen) atoms. The number of hydrogen-bond acceptors (Lipinski definition) is 3. The second-order valence-corrected chi connectivity index (χ2v) is 3.49. The molecule has 0 amide bonds. The first-order chi connectivity index (χ1) is 8.15. The van der Waals surface area contributed by atoms with Crippen molar-refractivity contribution in [3.8, 4) is 12.1 Å². The van der Waals surface area contributed by atoms with Gasteiger partial charge in [0.2, 0.25) is 0 Å². The zero-order valence-electron chi connectivity index (χ0n) is 8.64. The molecule has 0 saturated carbocycles. The third kappa shape index (κ3) is 1.80. The van der Waals surface area contributed by atoms with Gasteiger partial charge >= 0.3 is 5.97 Å². The summed E-state index contributed by atoms with van der Waals surface area (Å²) in [5, 5.41) is 27.8. The molecule has 4 nitrogen and oxygen atoms in total. The monoisotopic (exact) mass is 222 g/mol. The predicted octanol–water partition coefficient (Wildman–Crippen LogP) is 2.28. The van der Waals surface area contributed by atoms with Crippen molar-refractivity contribution in [1.29, 1.82) is 10.5 Å². The van der Waals surface area contributed by atoms with Crippen molar-refractivity contribution in [2.24, 2.45) is 0 Å². The molecule has 0 aliphatic heterocycles. The Morgan fingerprint density at radius 2 is 1.71 bits per heavy atom. The van der Waals surface area contributed by atoms with Crippen LogP contribution in [0.4, 0.5) is 0 Å². The van der Waals surface area contributed by atoms with E-state index in [0.29, 0.717) is 16.3 Å². The molecule has 4 heteroatoms. The standard InChI is InChI=1S/C13H6N2O2/c14-6-8-1-2-11-10(3-8)4-9(7-15)5-12(11)13(16)17/h1-5H,(H,16,17). The number of carboxylic acid groups (broad SMARTS) is 1. The van der Waals surface area contributed by atoms with Crippen molar-refractivity contribution < 1.29 is 9.90 Å². The lowest BCUT2D eigenvalue weighted by Gasteiger charge is -2.03. The zero-order valence-corrected chi connectivity index (χ0v) is 8.64. The van der Waals surface area contributed by atoms with Crippen molar-refractivity contribution >= 4 is 16.7 Å². The van der Waals surface area contributed by atoms with Crippen LogP contribution in [0, 0.1) is 22.7 Å². The van der Waals surface area contributed by atoms with Crippen LogP contribution in [0.1, 0.15) is 21.5 Å². The van der Waals surface area contributed by atoms with Gasteiger partial charge in [-0.15, -0.1) is 0 Å². The maximum Gasteiger partial charge on any atom is 0.336 e. The molecule has 2 rings (SSSR count). The summed E-state index contributed by atoms with van der Waals surface area (Å²) in [6.07, 6.45) is 0. The van der Waals surface area contributed by atoms with E-state index in [0.717, 1.165) is 0 Å². The first kappa shape index (κ1) is 10.7. The minimum atomic E-state index is -1.09. The van der Waals surface area contributed by atoms with Crippen LogP contribution in [0.15, 0.2) is 30.3 Å². The number of nitriles is 2. The fourth-order valence-electron chi connectivity index (χ4n) is 1.68. The normalized spacial score (nSPS) is 9.53. The molecule has 0 aliphatic rings. The van der Waals surface area contributed by atoms with E-state index in [1.165, 1.54) is 6.07 Å². The SMILES string of the molecule is N#Cc1ccc2c(C(=O)O)cc(C#N)cc2c1.